The van der Waals surface area contributed by atoms with Gasteiger partial charge in [0.25, 0.3) is 0 Å². The van der Waals surface area contributed by atoms with E-state index < -0.39 is 5.97 Å². The van der Waals surface area contributed by atoms with Crippen LogP contribution in [0.1, 0.15) is 30.1 Å². The molecule has 5 nitrogen and oxygen atoms in total. The van der Waals surface area contributed by atoms with Crippen molar-refractivity contribution in [1.82, 2.24) is 0 Å². The van der Waals surface area contributed by atoms with E-state index in [4.69, 9.17) is 21.4 Å². The third kappa shape index (κ3) is 5.28. The van der Waals surface area contributed by atoms with Gasteiger partial charge in [-0.05, 0) is 31.5 Å². The molecule has 104 valence electrons. The zero-order chi connectivity index (χ0) is 14.3. The Kier molecular flexibility index (Phi) is 6.32. The van der Waals surface area contributed by atoms with Gasteiger partial charge in [0.1, 0.15) is 0 Å². The summed E-state index contributed by atoms with van der Waals surface area (Å²) in [7, 11) is 0. The second-order valence-electron chi connectivity index (χ2n) is 3.84. The molecule has 2 N–H and O–H groups in total. The fourth-order valence-electron chi connectivity index (χ4n) is 1.49. The van der Waals surface area contributed by atoms with Gasteiger partial charge in [-0.25, -0.2) is 4.79 Å². The number of rotatable bonds is 7. The largest absolute Gasteiger partial charge is 0.478 e. The minimum Gasteiger partial charge on any atom is -0.478 e. The van der Waals surface area contributed by atoms with Gasteiger partial charge < -0.3 is 15.2 Å². The maximum atomic E-state index is 11.6. The van der Waals surface area contributed by atoms with E-state index >= 15 is 0 Å². The Bertz CT molecular complexity index is 462. The normalized spacial score (nSPS) is 10.2. The van der Waals surface area contributed by atoms with Gasteiger partial charge >= 0.3 is 5.97 Å². The average molecular weight is 286 g/mol. The van der Waals surface area contributed by atoms with Crippen LogP contribution in [0, 0.1) is 0 Å². The molecule has 0 aliphatic heterocycles. The van der Waals surface area contributed by atoms with Crippen LogP contribution >= 0.6 is 11.6 Å². The molecule has 6 heteroatoms. The van der Waals surface area contributed by atoms with Crippen molar-refractivity contribution in [3.8, 4) is 0 Å². The Morgan fingerprint density at radius 3 is 2.79 bits per heavy atom. The van der Waals surface area contributed by atoms with Crippen LogP contribution in [0.3, 0.4) is 0 Å². The Morgan fingerprint density at radius 1 is 1.42 bits per heavy atom. The summed E-state index contributed by atoms with van der Waals surface area (Å²) in [6.07, 6.45) is 0.872. The number of hydrogen-bond acceptors (Lipinski definition) is 3. The van der Waals surface area contributed by atoms with Gasteiger partial charge in [-0.15, -0.1) is 0 Å². The molecule has 1 aromatic carbocycles. The van der Waals surface area contributed by atoms with Crippen molar-refractivity contribution >= 4 is 29.2 Å². The Hall–Kier alpha value is -1.59. The molecule has 19 heavy (non-hydrogen) atoms. The molecule has 1 rings (SSSR count). The van der Waals surface area contributed by atoms with Gasteiger partial charge in [0.15, 0.2) is 0 Å². The highest BCUT2D eigenvalue weighted by molar-refractivity contribution is 6.31. The number of halogens is 1. The van der Waals surface area contributed by atoms with Gasteiger partial charge in [0.2, 0.25) is 5.91 Å². The second-order valence-corrected chi connectivity index (χ2v) is 4.28. The van der Waals surface area contributed by atoms with Gasteiger partial charge in [-0.3, -0.25) is 4.79 Å². The Labute approximate surface area is 116 Å². The first-order valence-corrected chi connectivity index (χ1v) is 6.32. The average Bonchev–Trinajstić information content (AvgIpc) is 2.36. The number of ether oxygens (including phenoxy) is 1. The van der Waals surface area contributed by atoms with Crippen molar-refractivity contribution in [2.45, 2.75) is 19.8 Å². The summed E-state index contributed by atoms with van der Waals surface area (Å²) in [6, 6.07) is 4.32. The van der Waals surface area contributed by atoms with E-state index in [1.807, 2.05) is 6.92 Å². The van der Waals surface area contributed by atoms with E-state index in [0.29, 0.717) is 24.7 Å². The smallest absolute Gasteiger partial charge is 0.337 e. The van der Waals surface area contributed by atoms with Crippen LogP contribution in [-0.2, 0) is 9.53 Å². The molecule has 1 aromatic rings. The summed E-state index contributed by atoms with van der Waals surface area (Å²) < 4.78 is 5.12. The Balaban J connectivity index is 2.61. The molecule has 0 radical (unpaired) electrons. The first-order valence-electron chi connectivity index (χ1n) is 5.95. The molecule has 0 spiro atoms. The fraction of sp³-hybridized carbons (Fsp3) is 0.385. The fourth-order valence-corrected chi connectivity index (χ4v) is 1.67. The molecule has 1 amide bonds. The van der Waals surface area contributed by atoms with E-state index in [9.17, 15) is 9.59 Å². The summed E-state index contributed by atoms with van der Waals surface area (Å²) in [4.78, 5) is 22.7. The zero-order valence-corrected chi connectivity index (χ0v) is 11.4. The first kappa shape index (κ1) is 15.5. The third-order valence-electron chi connectivity index (χ3n) is 2.38. The van der Waals surface area contributed by atoms with Crippen LogP contribution in [0.15, 0.2) is 18.2 Å². The number of aromatic carboxylic acids is 1. The highest BCUT2D eigenvalue weighted by atomic mass is 35.5. The summed E-state index contributed by atoms with van der Waals surface area (Å²) in [5, 5.41) is 11.9. The Morgan fingerprint density at radius 2 is 2.16 bits per heavy atom. The molecule has 0 atom stereocenters. The van der Waals surface area contributed by atoms with Crippen molar-refractivity contribution in [2.75, 3.05) is 18.5 Å². The minimum atomic E-state index is -1.13. The summed E-state index contributed by atoms with van der Waals surface area (Å²) >= 11 is 5.72. The lowest BCUT2D eigenvalue weighted by molar-refractivity contribution is -0.116. The molecule has 0 aromatic heterocycles. The quantitative estimate of drug-likeness (QED) is 0.755. The summed E-state index contributed by atoms with van der Waals surface area (Å²) in [5.41, 5.74) is 0.226. The van der Waals surface area contributed by atoms with Crippen molar-refractivity contribution in [1.29, 1.82) is 0 Å². The summed E-state index contributed by atoms with van der Waals surface area (Å²) in [5.74, 6) is -1.38. The van der Waals surface area contributed by atoms with E-state index in [1.54, 1.807) is 0 Å². The van der Waals surface area contributed by atoms with E-state index in [1.165, 1.54) is 18.2 Å². The molecule has 0 aliphatic carbocycles. The van der Waals surface area contributed by atoms with Crippen LogP contribution < -0.4 is 5.32 Å². The zero-order valence-electron chi connectivity index (χ0n) is 10.6. The number of nitrogens with one attached hydrogen (secondary N) is 1. The van der Waals surface area contributed by atoms with Crippen molar-refractivity contribution < 1.29 is 19.4 Å². The molecule has 0 heterocycles. The lowest BCUT2D eigenvalue weighted by Gasteiger charge is -2.08. The number of amides is 1. The van der Waals surface area contributed by atoms with Gasteiger partial charge in [0, 0.05) is 24.7 Å². The standard InChI is InChI=1S/C13H16ClNO4/c1-2-19-7-3-4-12(16)15-11-6-5-9(14)8-10(11)13(17)18/h5-6,8H,2-4,7H2,1H3,(H,15,16)(H,17,18). The van der Waals surface area contributed by atoms with Crippen molar-refractivity contribution in [3.05, 3.63) is 28.8 Å². The lowest BCUT2D eigenvalue weighted by Crippen LogP contribution is -2.15. The first-order chi connectivity index (χ1) is 9.04. The van der Waals surface area contributed by atoms with Crippen molar-refractivity contribution in [2.24, 2.45) is 0 Å². The molecule has 0 fully saturated rings. The molecule has 0 saturated heterocycles. The van der Waals surface area contributed by atoms with Crippen molar-refractivity contribution in [3.63, 3.8) is 0 Å². The monoisotopic (exact) mass is 285 g/mol. The predicted molar refractivity (Wildman–Crippen MR) is 72.8 cm³/mol. The van der Waals surface area contributed by atoms with Crippen LogP contribution in [-0.4, -0.2) is 30.2 Å². The second kappa shape index (κ2) is 7.76. The maximum Gasteiger partial charge on any atom is 0.337 e. The van der Waals surface area contributed by atoms with E-state index in [2.05, 4.69) is 5.32 Å². The predicted octanol–water partition coefficient (Wildman–Crippen LogP) is 2.79. The topological polar surface area (TPSA) is 75.6 Å². The number of anilines is 1. The molecular weight excluding hydrogens is 270 g/mol. The molecule has 0 saturated carbocycles. The number of carbonyl (C=O) groups excluding carboxylic acids is 1. The highest BCUT2D eigenvalue weighted by Gasteiger charge is 2.12. The number of carbonyl (C=O) groups is 2. The molecule has 0 unspecified atom stereocenters. The van der Waals surface area contributed by atoms with Crippen LogP contribution in [0.5, 0.6) is 0 Å². The SMILES string of the molecule is CCOCCCC(=O)Nc1ccc(Cl)cc1C(=O)O. The highest BCUT2D eigenvalue weighted by Crippen LogP contribution is 2.21. The molecule has 0 aliphatic rings. The number of hydrogen-bond donors (Lipinski definition) is 2. The number of carboxylic acid groups (broad SMARTS) is 1. The third-order valence-corrected chi connectivity index (χ3v) is 2.62. The number of carboxylic acids is 1. The van der Waals surface area contributed by atoms with Gasteiger partial charge in [0.05, 0.1) is 11.3 Å². The van der Waals surface area contributed by atoms with E-state index in [-0.39, 0.29) is 23.6 Å². The lowest BCUT2D eigenvalue weighted by atomic mass is 10.1. The van der Waals surface area contributed by atoms with Crippen LogP contribution in [0.2, 0.25) is 5.02 Å². The minimum absolute atomic E-state index is 0.0225. The van der Waals surface area contributed by atoms with Gasteiger partial charge in [-0.2, -0.15) is 0 Å². The number of benzene rings is 1. The van der Waals surface area contributed by atoms with E-state index in [0.717, 1.165) is 0 Å². The van der Waals surface area contributed by atoms with Gasteiger partial charge in [-0.1, -0.05) is 11.6 Å². The van der Waals surface area contributed by atoms with Crippen LogP contribution in [0.25, 0.3) is 0 Å². The molecule has 0 bridgehead atoms. The maximum absolute atomic E-state index is 11.6. The van der Waals surface area contributed by atoms with Crippen LogP contribution in [0.4, 0.5) is 5.69 Å². The summed E-state index contributed by atoms with van der Waals surface area (Å²) in [6.45, 7) is 3.01. The molecular formula is C13H16ClNO4.